The minimum Gasteiger partial charge on any atom is -0.357 e. The van der Waals surface area contributed by atoms with E-state index >= 15 is 0 Å². The molecule has 4 nitrogen and oxygen atoms in total. The van der Waals surface area contributed by atoms with Gasteiger partial charge in [-0.3, -0.25) is 4.68 Å². The molecular formula is C11H16N4S. The highest BCUT2D eigenvalue weighted by molar-refractivity contribution is 7.13. The molecule has 0 aromatic carbocycles. The van der Waals surface area contributed by atoms with E-state index in [4.69, 9.17) is 0 Å². The second kappa shape index (κ2) is 4.65. The molecule has 2 aromatic rings. The monoisotopic (exact) mass is 236 g/mol. The first kappa shape index (κ1) is 11.1. The molecular weight excluding hydrogens is 220 g/mol. The Labute approximate surface area is 99.3 Å². The third-order valence-electron chi connectivity index (χ3n) is 2.68. The van der Waals surface area contributed by atoms with E-state index in [0.29, 0.717) is 0 Å². The second-order valence-corrected chi connectivity index (χ2v) is 4.59. The van der Waals surface area contributed by atoms with Crippen LogP contribution in [0.15, 0.2) is 11.6 Å². The lowest BCUT2D eigenvalue weighted by Crippen LogP contribution is -2.01. The van der Waals surface area contributed by atoms with Gasteiger partial charge in [0.25, 0.3) is 0 Å². The van der Waals surface area contributed by atoms with Gasteiger partial charge in [-0.25, -0.2) is 4.98 Å². The average molecular weight is 236 g/mol. The maximum absolute atomic E-state index is 4.46. The fraction of sp³-hybridized carbons (Fsp3) is 0.455. The topological polar surface area (TPSA) is 42.7 Å². The molecule has 0 aliphatic rings. The summed E-state index contributed by atoms with van der Waals surface area (Å²) in [6.45, 7) is 4.98. The number of hydrogen-bond donors (Lipinski definition) is 1. The maximum Gasteiger partial charge on any atom is 0.183 e. The Morgan fingerprint density at radius 1 is 1.50 bits per heavy atom. The molecule has 0 atom stereocenters. The summed E-state index contributed by atoms with van der Waals surface area (Å²) in [5, 5.41) is 10.6. The van der Waals surface area contributed by atoms with Crippen LogP contribution in [0.5, 0.6) is 0 Å². The van der Waals surface area contributed by atoms with Crippen molar-refractivity contribution in [1.29, 1.82) is 0 Å². The zero-order valence-corrected chi connectivity index (χ0v) is 10.6. The fourth-order valence-corrected chi connectivity index (χ4v) is 2.23. The van der Waals surface area contributed by atoms with Crippen molar-refractivity contribution in [3.8, 4) is 0 Å². The van der Waals surface area contributed by atoms with Crippen LogP contribution in [-0.4, -0.2) is 14.8 Å². The molecule has 0 fully saturated rings. The highest BCUT2D eigenvalue weighted by atomic mass is 32.1. The quantitative estimate of drug-likeness (QED) is 0.886. The number of anilines is 1. The number of rotatable bonds is 4. The van der Waals surface area contributed by atoms with Gasteiger partial charge >= 0.3 is 0 Å². The minimum absolute atomic E-state index is 0.788. The average Bonchev–Trinajstić information content (AvgIpc) is 2.86. The molecule has 0 spiro atoms. The Bertz CT molecular complexity index is 472. The molecule has 2 heterocycles. The van der Waals surface area contributed by atoms with Gasteiger partial charge in [0.1, 0.15) is 0 Å². The molecule has 16 heavy (non-hydrogen) atoms. The Balaban J connectivity index is 1.99. The van der Waals surface area contributed by atoms with Crippen LogP contribution >= 0.6 is 11.3 Å². The van der Waals surface area contributed by atoms with Gasteiger partial charge in [0.2, 0.25) is 0 Å². The first-order chi connectivity index (χ1) is 7.70. The van der Waals surface area contributed by atoms with Crippen molar-refractivity contribution in [1.82, 2.24) is 14.8 Å². The Hall–Kier alpha value is -1.36. The summed E-state index contributed by atoms with van der Waals surface area (Å²) in [6, 6.07) is 0. The van der Waals surface area contributed by atoms with Crippen molar-refractivity contribution in [2.75, 3.05) is 5.32 Å². The molecule has 0 bridgehead atoms. The van der Waals surface area contributed by atoms with Gasteiger partial charge in [-0.2, -0.15) is 5.10 Å². The van der Waals surface area contributed by atoms with Gasteiger partial charge in [-0.05, 0) is 13.3 Å². The third kappa shape index (κ3) is 2.24. The maximum atomic E-state index is 4.46. The number of thiazole rings is 1. The molecule has 0 saturated heterocycles. The number of nitrogens with zero attached hydrogens (tertiary/aromatic N) is 3. The van der Waals surface area contributed by atoms with Gasteiger partial charge in [0, 0.05) is 30.2 Å². The van der Waals surface area contributed by atoms with Crippen LogP contribution in [0.25, 0.3) is 0 Å². The van der Waals surface area contributed by atoms with Crippen LogP contribution in [0.2, 0.25) is 0 Å². The van der Waals surface area contributed by atoms with Crippen LogP contribution in [0, 0.1) is 6.92 Å². The summed E-state index contributed by atoms with van der Waals surface area (Å²) in [7, 11) is 1.96. The van der Waals surface area contributed by atoms with Gasteiger partial charge < -0.3 is 5.32 Å². The van der Waals surface area contributed by atoms with E-state index in [-0.39, 0.29) is 0 Å². The van der Waals surface area contributed by atoms with Crippen molar-refractivity contribution in [2.24, 2.45) is 7.05 Å². The van der Waals surface area contributed by atoms with E-state index in [1.54, 1.807) is 11.3 Å². The summed E-state index contributed by atoms with van der Waals surface area (Å²) < 4.78 is 1.89. The van der Waals surface area contributed by atoms with Crippen molar-refractivity contribution >= 4 is 16.5 Å². The first-order valence-electron chi connectivity index (χ1n) is 5.36. The Morgan fingerprint density at radius 3 is 2.88 bits per heavy atom. The molecule has 0 unspecified atom stereocenters. The summed E-state index contributed by atoms with van der Waals surface area (Å²) in [6.07, 6.45) is 2.89. The normalized spacial score (nSPS) is 10.7. The molecule has 0 saturated carbocycles. The first-order valence-corrected chi connectivity index (χ1v) is 6.24. The molecule has 2 rings (SSSR count). The van der Waals surface area contributed by atoms with Gasteiger partial charge in [-0.15, -0.1) is 11.3 Å². The third-order valence-corrected chi connectivity index (χ3v) is 3.53. The minimum atomic E-state index is 0.788. The number of aryl methyl sites for hydroxylation is 2. The van der Waals surface area contributed by atoms with Crippen LogP contribution in [-0.2, 0) is 20.0 Å². The zero-order chi connectivity index (χ0) is 11.5. The lowest BCUT2D eigenvalue weighted by atomic mass is 10.2. The van der Waals surface area contributed by atoms with E-state index < -0.39 is 0 Å². The molecule has 0 aliphatic carbocycles. The molecule has 86 valence electrons. The fourth-order valence-electron chi connectivity index (χ4n) is 1.44. The van der Waals surface area contributed by atoms with Gasteiger partial charge in [0.15, 0.2) is 5.13 Å². The Kier molecular flexibility index (Phi) is 3.24. The van der Waals surface area contributed by atoms with E-state index in [1.165, 1.54) is 11.3 Å². The second-order valence-electron chi connectivity index (χ2n) is 3.73. The van der Waals surface area contributed by atoms with Crippen LogP contribution < -0.4 is 5.32 Å². The largest absolute Gasteiger partial charge is 0.357 e. The molecule has 0 amide bonds. The Morgan fingerprint density at radius 2 is 2.31 bits per heavy atom. The lowest BCUT2D eigenvalue weighted by Gasteiger charge is -2.01. The van der Waals surface area contributed by atoms with Crippen molar-refractivity contribution in [3.05, 3.63) is 28.5 Å². The molecule has 0 radical (unpaired) electrons. The number of nitrogens with one attached hydrogen (secondary N) is 1. The van der Waals surface area contributed by atoms with Crippen LogP contribution in [0.3, 0.4) is 0 Å². The highest BCUT2D eigenvalue weighted by Crippen LogP contribution is 2.17. The van der Waals surface area contributed by atoms with E-state index in [2.05, 4.69) is 34.6 Å². The molecule has 2 aromatic heterocycles. The summed E-state index contributed by atoms with van der Waals surface area (Å²) in [5.74, 6) is 0. The zero-order valence-electron chi connectivity index (χ0n) is 9.82. The van der Waals surface area contributed by atoms with Gasteiger partial charge in [-0.1, -0.05) is 6.92 Å². The summed E-state index contributed by atoms with van der Waals surface area (Å²) in [5.41, 5.74) is 3.56. The van der Waals surface area contributed by atoms with Crippen molar-refractivity contribution < 1.29 is 0 Å². The summed E-state index contributed by atoms with van der Waals surface area (Å²) >= 11 is 1.66. The SMILES string of the molecule is CCc1csc(NCc2cnn(C)c2C)n1. The van der Waals surface area contributed by atoms with E-state index in [9.17, 15) is 0 Å². The summed E-state index contributed by atoms with van der Waals surface area (Å²) in [4.78, 5) is 4.46. The predicted octanol–water partition coefficient (Wildman–Crippen LogP) is 2.36. The molecule has 0 aliphatic heterocycles. The predicted molar refractivity (Wildman–Crippen MR) is 66.8 cm³/mol. The highest BCUT2D eigenvalue weighted by Gasteiger charge is 2.04. The number of aromatic nitrogens is 3. The van der Waals surface area contributed by atoms with Crippen LogP contribution in [0.4, 0.5) is 5.13 Å². The van der Waals surface area contributed by atoms with Gasteiger partial charge in [0.05, 0.1) is 11.9 Å². The number of hydrogen-bond acceptors (Lipinski definition) is 4. The van der Waals surface area contributed by atoms with Crippen molar-refractivity contribution in [2.45, 2.75) is 26.8 Å². The van der Waals surface area contributed by atoms with E-state index in [0.717, 1.165) is 23.8 Å². The standard InChI is InChI=1S/C11H16N4S/c1-4-10-7-16-11(14-10)12-5-9-6-13-15(3)8(9)2/h6-7H,4-5H2,1-3H3,(H,12,14). The smallest absolute Gasteiger partial charge is 0.183 e. The lowest BCUT2D eigenvalue weighted by molar-refractivity contribution is 0.738. The molecule has 1 N–H and O–H groups in total. The van der Waals surface area contributed by atoms with Crippen LogP contribution in [0.1, 0.15) is 23.9 Å². The van der Waals surface area contributed by atoms with Crippen molar-refractivity contribution in [3.63, 3.8) is 0 Å². The van der Waals surface area contributed by atoms with E-state index in [1.807, 2.05) is 17.9 Å². The molecule has 5 heteroatoms.